The third-order valence-electron chi connectivity index (χ3n) is 4.66. The van der Waals surface area contributed by atoms with E-state index in [1.54, 1.807) is 6.07 Å². The Labute approximate surface area is 189 Å². The summed E-state index contributed by atoms with van der Waals surface area (Å²) in [4.78, 5) is 0. The van der Waals surface area contributed by atoms with Crippen molar-refractivity contribution < 1.29 is 4.74 Å². The third-order valence-corrected chi connectivity index (χ3v) is 5.25. The molecule has 0 heterocycles. The van der Waals surface area contributed by atoms with Crippen LogP contribution in [0.2, 0.25) is 10.0 Å². The lowest BCUT2D eigenvalue weighted by Gasteiger charge is -2.19. The molecule has 5 heteroatoms. The van der Waals surface area contributed by atoms with Crippen LogP contribution in [-0.4, -0.2) is 0 Å². The zero-order chi connectivity index (χ0) is 19.8. The molecule has 0 bridgehead atoms. The van der Waals surface area contributed by atoms with Crippen LogP contribution in [0.25, 0.3) is 0 Å². The van der Waals surface area contributed by atoms with E-state index in [-0.39, 0.29) is 12.4 Å². The van der Waals surface area contributed by atoms with Gasteiger partial charge in [-0.05, 0) is 41.8 Å². The minimum Gasteiger partial charge on any atom is -0.489 e. The predicted molar refractivity (Wildman–Crippen MR) is 125 cm³/mol. The van der Waals surface area contributed by atoms with Gasteiger partial charge >= 0.3 is 0 Å². The Morgan fingerprint density at radius 3 is 2.31 bits per heavy atom. The van der Waals surface area contributed by atoms with Crippen LogP contribution >= 0.6 is 35.6 Å². The molecule has 0 aliphatic carbocycles. The van der Waals surface area contributed by atoms with Gasteiger partial charge in [-0.1, -0.05) is 85.1 Å². The SMILES string of the molecule is CCCC(NCc1ccc(OCc2ccc(Cl)cc2Cl)cc1)c1ccccc1.Cl. The summed E-state index contributed by atoms with van der Waals surface area (Å²) in [6, 6.07) is 24.6. The Bertz CT molecular complexity index is 869. The maximum absolute atomic E-state index is 6.20. The van der Waals surface area contributed by atoms with Crippen LogP contribution < -0.4 is 10.1 Å². The van der Waals surface area contributed by atoms with E-state index in [0.29, 0.717) is 22.7 Å². The van der Waals surface area contributed by atoms with Gasteiger partial charge in [0.2, 0.25) is 0 Å². The lowest BCUT2D eigenvalue weighted by Crippen LogP contribution is -2.20. The predicted octanol–water partition coefficient (Wildman–Crippen LogP) is 7.63. The first-order valence-corrected chi connectivity index (χ1v) is 10.4. The molecule has 0 radical (unpaired) electrons. The zero-order valence-electron chi connectivity index (χ0n) is 16.4. The van der Waals surface area contributed by atoms with Crippen molar-refractivity contribution in [3.63, 3.8) is 0 Å². The van der Waals surface area contributed by atoms with Gasteiger partial charge in [0.25, 0.3) is 0 Å². The summed E-state index contributed by atoms with van der Waals surface area (Å²) in [6.45, 7) is 3.46. The molecule has 0 aromatic heterocycles. The van der Waals surface area contributed by atoms with Gasteiger partial charge in [0.15, 0.2) is 0 Å². The van der Waals surface area contributed by atoms with Crippen LogP contribution in [0.4, 0.5) is 0 Å². The molecule has 0 amide bonds. The van der Waals surface area contributed by atoms with Crippen molar-refractivity contribution in [1.29, 1.82) is 0 Å². The zero-order valence-corrected chi connectivity index (χ0v) is 18.7. The highest BCUT2D eigenvalue weighted by atomic mass is 35.5. The summed E-state index contributed by atoms with van der Waals surface area (Å²) >= 11 is 12.1. The smallest absolute Gasteiger partial charge is 0.119 e. The van der Waals surface area contributed by atoms with Crippen molar-refractivity contribution >= 4 is 35.6 Å². The lowest BCUT2D eigenvalue weighted by molar-refractivity contribution is 0.306. The molecule has 3 aromatic carbocycles. The van der Waals surface area contributed by atoms with E-state index < -0.39 is 0 Å². The average Bonchev–Trinajstić information content (AvgIpc) is 2.72. The van der Waals surface area contributed by atoms with Gasteiger partial charge in [0.05, 0.1) is 0 Å². The number of ether oxygens (including phenoxy) is 1. The van der Waals surface area contributed by atoms with Gasteiger partial charge in [-0.25, -0.2) is 0 Å². The fraction of sp³-hybridized carbons (Fsp3) is 0.250. The average molecular weight is 451 g/mol. The molecule has 0 aliphatic rings. The van der Waals surface area contributed by atoms with Gasteiger partial charge in [-0.3, -0.25) is 0 Å². The van der Waals surface area contributed by atoms with Crippen LogP contribution in [0.3, 0.4) is 0 Å². The minimum atomic E-state index is 0. The van der Waals surface area contributed by atoms with Gasteiger partial charge in [0, 0.05) is 28.2 Å². The van der Waals surface area contributed by atoms with E-state index in [1.807, 2.05) is 24.3 Å². The van der Waals surface area contributed by atoms with Gasteiger partial charge in [0.1, 0.15) is 12.4 Å². The standard InChI is InChI=1S/C24H25Cl2NO.ClH/c1-2-6-24(19-7-4-3-5-8-19)27-16-18-9-13-22(14-10-18)28-17-20-11-12-21(25)15-23(20)26;/h3-5,7-15,24,27H,2,6,16-17H2,1H3;1H. The number of benzene rings is 3. The highest BCUT2D eigenvalue weighted by Gasteiger charge is 2.09. The van der Waals surface area contributed by atoms with E-state index >= 15 is 0 Å². The second-order valence-electron chi connectivity index (χ2n) is 6.80. The maximum atomic E-state index is 6.20. The Hall–Kier alpha value is -1.71. The first-order valence-electron chi connectivity index (χ1n) is 9.59. The van der Waals surface area contributed by atoms with Crippen LogP contribution in [0, 0.1) is 0 Å². The topological polar surface area (TPSA) is 21.3 Å². The van der Waals surface area contributed by atoms with Crippen LogP contribution in [0.1, 0.15) is 42.5 Å². The molecule has 3 aromatic rings. The summed E-state index contributed by atoms with van der Waals surface area (Å²) in [5.41, 5.74) is 3.49. The number of halogens is 3. The molecule has 29 heavy (non-hydrogen) atoms. The number of hydrogen-bond donors (Lipinski definition) is 1. The lowest BCUT2D eigenvalue weighted by atomic mass is 10.0. The summed E-state index contributed by atoms with van der Waals surface area (Å²) in [6.07, 6.45) is 2.26. The van der Waals surface area contributed by atoms with Crippen molar-refractivity contribution in [3.8, 4) is 5.75 Å². The van der Waals surface area contributed by atoms with Crippen molar-refractivity contribution in [2.75, 3.05) is 0 Å². The summed E-state index contributed by atoms with van der Waals surface area (Å²) in [5, 5.41) is 4.92. The molecule has 0 spiro atoms. The fourth-order valence-corrected chi connectivity index (χ4v) is 3.57. The summed E-state index contributed by atoms with van der Waals surface area (Å²) < 4.78 is 5.85. The molecule has 0 fully saturated rings. The Morgan fingerprint density at radius 1 is 0.931 bits per heavy atom. The monoisotopic (exact) mass is 449 g/mol. The molecular formula is C24H26Cl3NO. The van der Waals surface area contributed by atoms with Gasteiger partial charge in [-0.15, -0.1) is 12.4 Å². The van der Waals surface area contributed by atoms with Gasteiger partial charge < -0.3 is 10.1 Å². The highest BCUT2D eigenvalue weighted by molar-refractivity contribution is 6.35. The molecule has 0 saturated heterocycles. The highest BCUT2D eigenvalue weighted by Crippen LogP contribution is 2.23. The quantitative estimate of drug-likeness (QED) is 0.362. The molecule has 3 rings (SSSR count). The number of rotatable bonds is 9. The Balaban J connectivity index is 0.00000300. The second-order valence-corrected chi connectivity index (χ2v) is 7.64. The van der Waals surface area contributed by atoms with Crippen LogP contribution in [0.5, 0.6) is 5.75 Å². The molecule has 1 unspecified atom stereocenters. The van der Waals surface area contributed by atoms with Crippen molar-refractivity contribution in [2.45, 2.75) is 39.0 Å². The van der Waals surface area contributed by atoms with Crippen molar-refractivity contribution in [3.05, 3.63) is 99.5 Å². The number of nitrogens with one attached hydrogen (secondary N) is 1. The van der Waals surface area contributed by atoms with E-state index in [1.165, 1.54) is 11.1 Å². The van der Waals surface area contributed by atoms with Crippen LogP contribution in [0.15, 0.2) is 72.8 Å². The molecule has 0 aliphatic heterocycles. The molecular weight excluding hydrogens is 425 g/mol. The molecule has 154 valence electrons. The molecule has 0 saturated carbocycles. The summed E-state index contributed by atoms with van der Waals surface area (Å²) in [7, 11) is 0. The second kappa shape index (κ2) is 12.1. The molecule has 2 nitrogen and oxygen atoms in total. The normalized spacial score (nSPS) is 11.6. The van der Waals surface area contributed by atoms with Crippen molar-refractivity contribution in [2.24, 2.45) is 0 Å². The Morgan fingerprint density at radius 2 is 1.66 bits per heavy atom. The number of hydrogen-bond acceptors (Lipinski definition) is 2. The third kappa shape index (κ3) is 7.24. The van der Waals surface area contributed by atoms with Crippen LogP contribution in [-0.2, 0) is 13.2 Å². The van der Waals surface area contributed by atoms with Gasteiger partial charge in [-0.2, -0.15) is 0 Å². The van der Waals surface area contributed by atoms with E-state index in [0.717, 1.165) is 30.7 Å². The fourth-order valence-electron chi connectivity index (χ4n) is 3.11. The minimum absolute atomic E-state index is 0. The van der Waals surface area contributed by atoms with Crippen molar-refractivity contribution in [1.82, 2.24) is 5.32 Å². The largest absolute Gasteiger partial charge is 0.489 e. The Kier molecular flexibility index (Phi) is 9.83. The summed E-state index contributed by atoms with van der Waals surface area (Å²) in [5.74, 6) is 0.822. The first kappa shape index (κ1) is 23.6. The maximum Gasteiger partial charge on any atom is 0.119 e. The first-order chi connectivity index (χ1) is 13.7. The van der Waals surface area contributed by atoms with E-state index in [4.69, 9.17) is 27.9 Å². The molecule has 1 N–H and O–H groups in total. The van der Waals surface area contributed by atoms with E-state index in [2.05, 4.69) is 54.7 Å². The van der Waals surface area contributed by atoms with E-state index in [9.17, 15) is 0 Å². The molecule has 1 atom stereocenters.